The Morgan fingerprint density at radius 1 is 0.600 bits per heavy atom. The van der Waals surface area contributed by atoms with Crippen LogP contribution >= 0.6 is 0 Å². The lowest BCUT2D eigenvalue weighted by molar-refractivity contribution is 0.484. The molecule has 0 saturated carbocycles. The zero-order valence-corrected chi connectivity index (χ0v) is 16.9. The molecule has 8 heteroatoms. The van der Waals surface area contributed by atoms with Gasteiger partial charge in [-0.25, -0.2) is 20.0 Å². The van der Waals surface area contributed by atoms with Gasteiger partial charge in [0, 0.05) is 0 Å². The molecule has 5 rings (SSSR count). The van der Waals surface area contributed by atoms with Crippen molar-refractivity contribution in [2.75, 3.05) is 5.75 Å². The number of aliphatic imine (C=N–C) groups is 4. The SMILES string of the molecule is C1=CC2=NC1=CC1=NC(=CC3=NC(=CC4=NC(=C2)C=C4)C=C3)C=C1.CCS(=O)(=O)O. The highest BCUT2D eigenvalue weighted by atomic mass is 32.2. The zero-order chi connectivity index (χ0) is 21.1. The Balaban J connectivity index is 0.000000322. The van der Waals surface area contributed by atoms with Crippen LogP contribution in [-0.2, 0) is 10.1 Å². The van der Waals surface area contributed by atoms with E-state index in [1.165, 1.54) is 6.92 Å². The van der Waals surface area contributed by atoms with Crippen LogP contribution < -0.4 is 0 Å². The van der Waals surface area contributed by atoms with Gasteiger partial charge in [-0.3, -0.25) is 4.55 Å². The molecule has 5 heterocycles. The molecule has 0 aromatic rings. The van der Waals surface area contributed by atoms with E-state index in [4.69, 9.17) is 4.55 Å². The lowest BCUT2D eigenvalue weighted by atomic mass is 10.2. The summed E-state index contributed by atoms with van der Waals surface area (Å²) in [5.41, 5.74) is 7.15. The van der Waals surface area contributed by atoms with Crippen LogP contribution in [0, 0.1) is 0 Å². The Kier molecular flexibility index (Phi) is 5.35. The second-order valence-electron chi connectivity index (χ2n) is 6.63. The molecule has 1 N–H and O–H groups in total. The number of hydrogen-bond acceptors (Lipinski definition) is 6. The Bertz CT molecular complexity index is 1090. The molecule has 5 aliphatic heterocycles. The van der Waals surface area contributed by atoms with Gasteiger partial charge >= 0.3 is 0 Å². The van der Waals surface area contributed by atoms with Crippen LogP contribution in [0.1, 0.15) is 6.92 Å². The predicted octanol–water partition coefficient (Wildman–Crippen LogP) is 3.47. The quantitative estimate of drug-likeness (QED) is 0.659. The summed E-state index contributed by atoms with van der Waals surface area (Å²) in [5, 5.41) is 0. The normalized spacial score (nSPS) is 20.5. The second kappa shape index (κ2) is 8.10. The number of nitrogens with zero attached hydrogens (tertiary/aromatic N) is 4. The van der Waals surface area contributed by atoms with E-state index in [9.17, 15) is 8.42 Å². The highest BCUT2D eigenvalue weighted by Gasteiger charge is 2.11. The number of rotatable bonds is 1. The predicted molar refractivity (Wildman–Crippen MR) is 121 cm³/mol. The van der Waals surface area contributed by atoms with E-state index < -0.39 is 10.1 Å². The van der Waals surface area contributed by atoms with E-state index in [1.807, 2.05) is 72.9 Å². The van der Waals surface area contributed by atoms with Crippen molar-refractivity contribution < 1.29 is 13.0 Å². The van der Waals surface area contributed by atoms with Gasteiger partial charge in [-0.05, 0) is 79.8 Å². The van der Waals surface area contributed by atoms with E-state index >= 15 is 0 Å². The van der Waals surface area contributed by atoms with Gasteiger partial charge in [-0.15, -0.1) is 0 Å². The first kappa shape index (κ1) is 19.8. The average Bonchev–Trinajstić information content (AvgIpc) is 3.47. The first-order chi connectivity index (χ1) is 14.4. The first-order valence-electron chi connectivity index (χ1n) is 9.25. The minimum atomic E-state index is -3.66. The third-order valence-electron chi connectivity index (χ3n) is 4.28. The second-order valence-corrected chi connectivity index (χ2v) is 8.37. The summed E-state index contributed by atoms with van der Waals surface area (Å²) in [7, 11) is -3.66. The molecule has 0 aromatic heterocycles. The van der Waals surface area contributed by atoms with Gasteiger partial charge in [-0.1, -0.05) is 0 Å². The molecule has 0 saturated heterocycles. The van der Waals surface area contributed by atoms with E-state index in [-0.39, 0.29) is 5.75 Å². The van der Waals surface area contributed by atoms with Crippen molar-refractivity contribution in [1.29, 1.82) is 0 Å². The maximum atomic E-state index is 9.56. The summed E-state index contributed by atoms with van der Waals surface area (Å²) in [6.45, 7) is 1.37. The molecular formula is C22H18N4O3S. The molecule has 30 heavy (non-hydrogen) atoms. The third-order valence-corrected chi connectivity index (χ3v) is 5.01. The molecule has 0 radical (unpaired) electrons. The standard InChI is InChI=1S/C20H12N4.C2H6O3S/c1-2-14-10-16-5-6-18(23-16)12-20-8-7-19(24-20)11-17-4-3-15(22-17)9-13(1)21-14;1-2-6(3,4)5/h1-12H;2H2,1H3,(H,3,4,5). The first-order valence-corrected chi connectivity index (χ1v) is 10.9. The van der Waals surface area contributed by atoms with Crippen LogP contribution in [0.3, 0.4) is 0 Å². The largest absolute Gasteiger partial charge is 0.286 e. The third kappa shape index (κ3) is 5.11. The fourth-order valence-electron chi connectivity index (χ4n) is 2.83. The summed E-state index contributed by atoms with van der Waals surface area (Å²) < 4.78 is 26.9. The minimum absolute atomic E-state index is 0.201. The maximum Gasteiger partial charge on any atom is 0.264 e. The van der Waals surface area contributed by atoms with Gasteiger partial charge in [0.25, 0.3) is 10.1 Å². The van der Waals surface area contributed by atoms with E-state index in [1.54, 1.807) is 0 Å². The van der Waals surface area contributed by atoms with Crippen molar-refractivity contribution in [1.82, 2.24) is 0 Å². The summed E-state index contributed by atoms with van der Waals surface area (Å²) in [6, 6.07) is 0. The van der Waals surface area contributed by atoms with E-state index in [0.717, 1.165) is 45.6 Å². The molecule has 8 bridgehead atoms. The summed E-state index contributed by atoms with van der Waals surface area (Å²) in [6.07, 6.45) is 23.8. The van der Waals surface area contributed by atoms with Crippen molar-refractivity contribution in [3.05, 3.63) is 95.7 Å². The maximum absolute atomic E-state index is 9.56. The highest BCUT2D eigenvalue weighted by molar-refractivity contribution is 7.85. The Morgan fingerprint density at radius 3 is 1.03 bits per heavy atom. The van der Waals surface area contributed by atoms with Crippen molar-refractivity contribution in [3.8, 4) is 0 Å². The van der Waals surface area contributed by atoms with Crippen LogP contribution in [0.25, 0.3) is 0 Å². The van der Waals surface area contributed by atoms with Gasteiger partial charge in [-0.2, -0.15) is 8.42 Å². The molecule has 5 aliphatic rings. The van der Waals surface area contributed by atoms with E-state index in [0.29, 0.717) is 0 Å². The monoisotopic (exact) mass is 418 g/mol. The van der Waals surface area contributed by atoms with Gasteiger partial charge < -0.3 is 0 Å². The summed E-state index contributed by atoms with van der Waals surface area (Å²) >= 11 is 0. The van der Waals surface area contributed by atoms with Gasteiger partial charge in [0.2, 0.25) is 0 Å². The minimum Gasteiger partial charge on any atom is -0.286 e. The smallest absolute Gasteiger partial charge is 0.264 e. The number of allylic oxidation sites excluding steroid dienone is 12. The van der Waals surface area contributed by atoms with Gasteiger partial charge in [0.15, 0.2) is 0 Å². The van der Waals surface area contributed by atoms with Gasteiger partial charge in [0.1, 0.15) is 0 Å². The molecule has 0 spiro atoms. The molecule has 0 aromatic carbocycles. The van der Waals surface area contributed by atoms with Crippen molar-refractivity contribution >= 4 is 33.0 Å². The van der Waals surface area contributed by atoms with Crippen molar-refractivity contribution in [2.24, 2.45) is 20.0 Å². The van der Waals surface area contributed by atoms with E-state index in [2.05, 4.69) is 20.0 Å². The van der Waals surface area contributed by atoms with Crippen LogP contribution in [0.4, 0.5) is 0 Å². The molecule has 0 aliphatic carbocycles. The van der Waals surface area contributed by atoms with Gasteiger partial charge in [0.05, 0.1) is 51.4 Å². The van der Waals surface area contributed by atoms with Crippen LogP contribution in [0.2, 0.25) is 0 Å². The summed E-state index contributed by atoms with van der Waals surface area (Å²) in [4.78, 5) is 18.4. The molecule has 150 valence electrons. The fourth-order valence-corrected chi connectivity index (χ4v) is 2.83. The van der Waals surface area contributed by atoms with Crippen LogP contribution in [0.5, 0.6) is 0 Å². The Hall–Kier alpha value is -3.49. The lowest BCUT2D eigenvalue weighted by Gasteiger charge is -1.94. The van der Waals surface area contributed by atoms with Crippen LogP contribution in [-0.4, -0.2) is 41.6 Å². The number of hydrogen-bond donors (Lipinski definition) is 1. The molecule has 7 nitrogen and oxygen atoms in total. The average molecular weight is 418 g/mol. The highest BCUT2D eigenvalue weighted by Crippen LogP contribution is 2.20. The number of fused-ring (bicyclic) bond motifs is 4. The molecule has 0 fully saturated rings. The van der Waals surface area contributed by atoms with Crippen molar-refractivity contribution in [3.63, 3.8) is 0 Å². The molecule has 0 amide bonds. The molecule has 0 unspecified atom stereocenters. The lowest BCUT2D eigenvalue weighted by Crippen LogP contribution is -1.97. The Labute approximate surface area is 174 Å². The Morgan fingerprint density at radius 2 is 0.833 bits per heavy atom. The topological polar surface area (TPSA) is 104 Å². The fraction of sp³-hybridized carbons (Fsp3) is 0.0909. The molecule has 0 atom stereocenters. The van der Waals surface area contributed by atoms with Crippen molar-refractivity contribution in [2.45, 2.75) is 6.92 Å². The molecular weight excluding hydrogens is 400 g/mol. The summed E-state index contributed by atoms with van der Waals surface area (Å²) in [5.74, 6) is -0.201. The zero-order valence-electron chi connectivity index (χ0n) is 16.1. The van der Waals surface area contributed by atoms with Crippen LogP contribution in [0.15, 0.2) is 116 Å².